The number of rotatable bonds is 2. The van der Waals surface area contributed by atoms with Gasteiger partial charge in [0.05, 0.1) is 6.33 Å². The Morgan fingerprint density at radius 3 is 2.46 bits per heavy atom. The number of hydrogen-bond donors (Lipinski definition) is 0. The van der Waals surface area contributed by atoms with Gasteiger partial charge in [-0.2, -0.15) is 0 Å². The molecule has 3 nitrogen and oxygen atoms in total. The average Bonchev–Trinajstić information content (AvgIpc) is 3.17. The number of hydrogen-bond acceptors (Lipinski definition) is 2. The highest BCUT2D eigenvalue weighted by Crippen LogP contribution is 2.48. The molecular weight excluding hydrogens is 414 g/mol. The molecule has 0 spiro atoms. The van der Waals surface area contributed by atoms with Crippen LogP contribution in [0.25, 0.3) is 6.20 Å². The number of carbonyl (C=O) groups is 1. The van der Waals surface area contributed by atoms with Crippen LogP contribution in [0.1, 0.15) is 27.4 Å². The molecule has 1 heterocycles. The fourth-order valence-electron chi connectivity index (χ4n) is 3.21. The van der Waals surface area contributed by atoms with Crippen molar-refractivity contribution in [3.63, 3.8) is 0 Å². The number of fused-ring (bicyclic) bond motifs is 1. The van der Waals surface area contributed by atoms with Gasteiger partial charge < -0.3 is 4.57 Å². The van der Waals surface area contributed by atoms with E-state index in [1.165, 1.54) is 0 Å². The van der Waals surface area contributed by atoms with Gasteiger partial charge in [0.15, 0.2) is 5.78 Å². The van der Waals surface area contributed by atoms with Gasteiger partial charge in [-0.15, -0.1) is 0 Å². The molecule has 2 aromatic carbocycles. The van der Waals surface area contributed by atoms with Gasteiger partial charge in [-0.1, -0.05) is 52.5 Å². The Morgan fingerprint density at radius 1 is 1.00 bits per heavy atom. The molecule has 1 aromatic heterocycles. The van der Waals surface area contributed by atoms with E-state index in [1.807, 2.05) is 6.07 Å². The van der Waals surface area contributed by atoms with Crippen molar-refractivity contribution < 1.29 is 4.79 Å². The van der Waals surface area contributed by atoms with Crippen LogP contribution in [0.15, 0.2) is 54.6 Å². The molecule has 1 aliphatic rings. The molecule has 7 heteroatoms. The topological polar surface area (TPSA) is 34.9 Å². The van der Waals surface area contributed by atoms with Crippen LogP contribution in [0.3, 0.4) is 0 Å². The van der Waals surface area contributed by atoms with Crippen molar-refractivity contribution >= 4 is 58.4 Å². The third-order valence-corrected chi connectivity index (χ3v) is 5.38. The fourth-order valence-corrected chi connectivity index (χ4v) is 4.33. The minimum atomic E-state index is -0.422. The Bertz CT molecular complexity index is 1060. The number of Topliss-reactive ketones (excluding diaryl/α,β-unsaturated/α-hetero) is 1. The van der Waals surface area contributed by atoms with Crippen LogP contribution in [-0.2, 0) is 0 Å². The summed E-state index contributed by atoms with van der Waals surface area (Å²) in [6.45, 7) is 0. The number of allylic oxidation sites excluding steroid dienone is 1. The molecule has 1 aliphatic carbocycles. The maximum absolute atomic E-state index is 13.1. The molecule has 130 valence electrons. The van der Waals surface area contributed by atoms with Gasteiger partial charge in [-0.3, -0.25) is 4.79 Å². The Labute approximate surface area is 169 Å². The van der Waals surface area contributed by atoms with Crippen molar-refractivity contribution in [2.75, 3.05) is 0 Å². The van der Waals surface area contributed by atoms with Crippen molar-refractivity contribution in [2.45, 2.75) is 5.92 Å². The first-order chi connectivity index (χ1) is 12.5. The van der Waals surface area contributed by atoms with Crippen LogP contribution in [0.2, 0.25) is 20.1 Å². The number of nitrogens with zero attached hydrogens (tertiary/aromatic N) is 2. The number of imidazole rings is 1. The van der Waals surface area contributed by atoms with Crippen LogP contribution >= 0.6 is 46.4 Å². The summed E-state index contributed by atoms with van der Waals surface area (Å²) >= 11 is 25.1. The van der Waals surface area contributed by atoms with Gasteiger partial charge in [0.1, 0.15) is 0 Å². The van der Waals surface area contributed by atoms with Crippen molar-refractivity contribution in [1.29, 1.82) is 0 Å². The maximum Gasteiger partial charge on any atom is 0.191 e. The summed E-state index contributed by atoms with van der Waals surface area (Å²) in [5.41, 5.74) is 2.45. The summed E-state index contributed by atoms with van der Waals surface area (Å²) in [5.74, 6) is -0.566. The summed E-state index contributed by atoms with van der Waals surface area (Å²) in [6.07, 6.45) is 6.73. The summed E-state index contributed by atoms with van der Waals surface area (Å²) in [7, 11) is 0. The smallest absolute Gasteiger partial charge is 0.191 e. The average molecular weight is 424 g/mol. The summed E-state index contributed by atoms with van der Waals surface area (Å²) in [5, 5.41) is 1.81. The second-order valence-corrected chi connectivity index (χ2v) is 7.56. The Kier molecular flexibility index (Phi) is 4.57. The predicted molar refractivity (Wildman–Crippen MR) is 106 cm³/mol. The zero-order valence-corrected chi connectivity index (χ0v) is 16.1. The molecule has 0 amide bonds. The van der Waals surface area contributed by atoms with Gasteiger partial charge in [0.2, 0.25) is 0 Å². The summed E-state index contributed by atoms with van der Waals surface area (Å²) in [4.78, 5) is 17.1. The molecule has 0 fully saturated rings. The van der Waals surface area contributed by atoms with Crippen molar-refractivity contribution in [2.24, 2.45) is 0 Å². The zero-order valence-electron chi connectivity index (χ0n) is 13.1. The van der Waals surface area contributed by atoms with Crippen LogP contribution < -0.4 is 0 Å². The first-order valence-corrected chi connectivity index (χ1v) is 9.14. The number of halogens is 4. The summed E-state index contributed by atoms with van der Waals surface area (Å²) < 4.78 is 1.71. The highest BCUT2D eigenvalue weighted by Gasteiger charge is 2.39. The lowest BCUT2D eigenvalue weighted by Crippen LogP contribution is -2.05. The standard InChI is InChI=1S/C19H10Cl4N2O/c20-10-1-2-12(15(22)6-10)17-14(8-25-4-3-24-9-25)19(26)13-5-11(21)7-16(23)18(13)17/h1-9,17H. The maximum atomic E-state index is 13.1. The molecule has 0 bridgehead atoms. The lowest BCUT2D eigenvalue weighted by Gasteiger charge is -2.17. The van der Waals surface area contributed by atoms with Crippen molar-refractivity contribution in [1.82, 2.24) is 9.55 Å². The van der Waals surface area contributed by atoms with Gasteiger partial charge in [0.25, 0.3) is 0 Å². The fraction of sp³-hybridized carbons (Fsp3) is 0.0526. The molecule has 0 aliphatic heterocycles. The molecular formula is C19H10Cl4N2O. The second-order valence-electron chi connectivity index (χ2n) is 5.87. The number of carbonyl (C=O) groups excluding carboxylic acids is 1. The molecule has 0 saturated carbocycles. The van der Waals surface area contributed by atoms with E-state index < -0.39 is 5.92 Å². The molecule has 0 saturated heterocycles. The monoisotopic (exact) mass is 422 g/mol. The Morgan fingerprint density at radius 2 is 1.77 bits per heavy atom. The minimum Gasteiger partial charge on any atom is -0.313 e. The van der Waals surface area contributed by atoms with Crippen LogP contribution in [-0.4, -0.2) is 15.3 Å². The Hall–Kier alpha value is -1.78. The third kappa shape index (κ3) is 2.95. The number of benzene rings is 2. The minimum absolute atomic E-state index is 0.144. The molecule has 1 atom stereocenters. The predicted octanol–water partition coefficient (Wildman–Crippen LogP) is 6.37. The van der Waals surface area contributed by atoms with Crippen LogP contribution in [0.5, 0.6) is 0 Å². The van der Waals surface area contributed by atoms with Gasteiger partial charge >= 0.3 is 0 Å². The van der Waals surface area contributed by atoms with Gasteiger partial charge in [0, 0.05) is 55.7 Å². The molecule has 4 rings (SSSR count). The highest BCUT2D eigenvalue weighted by molar-refractivity contribution is 6.38. The van der Waals surface area contributed by atoms with E-state index in [4.69, 9.17) is 46.4 Å². The van der Waals surface area contributed by atoms with E-state index in [-0.39, 0.29) is 5.78 Å². The Balaban J connectivity index is 2.00. The van der Waals surface area contributed by atoms with E-state index >= 15 is 0 Å². The lowest BCUT2D eigenvalue weighted by atomic mass is 9.90. The lowest BCUT2D eigenvalue weighted by molar-refractivity contribution is 0.103. The largest absolute Gasteiger partial charge is 0.313 e. The zero-order chi connectivity index (χ0) is 18.4. The van der Waals surface area contributed by atoms with Crippen LogP contribution in [0.4, 0.5) is 0 Å². The second kappa shape index (κ2) is 6.75. The van der Waals surface area contributed by atoms with Crippen molar-refractivity contribution in [3.05, 3.63) is 91.4 Å². The van der Waals surface area contributed by atoms with Gasteiger partial charge in [-0.25, -0.2) is 4.98 Å². The molecule has 3 aromatic rings. The van der Waals surface area contributed by atoms with Gasteiger partial charge in [-0.05, 0) is 35.4 Å². The van der Waals surface area contributed by atoms with E-state index in [9.17, 15) is 4.79 Å². The van der Waals surface area contributed by atoms with E-state index in [1.54, 1.807) is 53.8 Å². The first-order valence-electron chi connectivity index (χ1n) is 7.63. The summed E-state index contributed by atoms with van der Waals surface area (Å²) in [6, 6.07) is 8.47. The van der Waals surface area contributed by atoms with Crippen molar-refractivity contribution in [3.8, 4) is 0 Å². The molecule has 1 unspecified atom stereocenters. The molecule has 0 radical (unpaired) electrons. The van der Waals surface area contributed by atoms with E-state index in [0.717, 1.165) is 5.56 Å². The molecule has 0 N–H and O–H groups in total. The van der Waals surface area contributed by atoms with E-state index in [2.05, 4.69) is 4.98 Å². The SMILES string of the molecule is O=C1C(=Cn2ccnc2)C(c2ccc(Cl)cc2Cl)c2c(Cl)cc(Cl)cc21. The van der Waals surface area contributed by atoms with E-state index in [0.29, 0.717) is 36.8 Å². The quantitative estimate of drug-likeness (QED) is 0.449. The third-order valence-electron chi connectivity index (χ3n) is 4.29. The highest BCUT2D eigenvalue weighted by atomic mass is 35.5. The first kappa shape index (κ1) is 17.6. The number of aromatic nitrogens is 2. The number of ketones is 1. The molecule has 26 heavy (non-hydrogen) atoms. The van der Waals surface area contributed by atoms with Crippen LogP contribution in [0, 0.1) is 0 Å². The normalized spacial score (nSPS) is 17.8.